The largest absolute Gasteiger partial charge is 0.424 e. The number of hydrogen-bond donors (Lipinski definition) is 1. The van der Waals surface area contributed by atoms with Crippen molar-refractivity contribution in [3.8, 4) is 0 Å². The first kappa shape index (κ1) is 16.9. The van der Waals surface area contributed by atoms with E-state index in [0.717, 1.165) is 11.1 Å². The highest BCUT2D eigenvalue weighted by atomic mass is 16.4. The molecule has 0 saturated heterocycles. The van der Waals surface area contributed by atoms with Gasteiger partial charge in [-0.2, -0.15) is 0 Å². The molecule has 3 aromatic rings. The lowest BCUT2D eigenvalue weighted by Crippen LogP contribution is -2.25. The maximum absolute atomic E-state index is 12.5. The predicted octanol–water partition coefficient (Wildman–Crippen LogP) is 3.52. The fourth-order valence-corrected chi connectivity index (χ4v) is 2.91. The standard InChI is InChI=1S/C20H21N3O2/c1-14-8-6-7-11-17(14)18(16-9-4-3-5-10-16)12-19(24)21-13-20-23-22-15(2)25-20/h3-11,18H,12-13H2,1-2H3,(H,21,24)/t18-/m1/s1. The summed E-state index contributed by atoms with van der Waals surface area (Å²) in [5.41, 5.74) is 3.47. The summed E-state index contributed by atoms with van der Waals surface area (Å²) in [4.78, 5) is 12.5. The average Bonchev–Trinajstić information content (AvgIpc) is 3.05. The van der Waals surface area contributed by atoms with Crippen LogP contribution >= 0.6 is 0 Å². The summed E-state index contributed by atoms with van der Waals surface area (Å²) in [7, 11) is 0. The summed E-state index contributed by atoms with van der Waals surface area (Å²) in [6, 6.07) is 18.3. The Bertz CT molecular complexity index is 843. The van der Waals surface area contributed by atoms with Crippen molar-refractivity contribution < 1.29 is 9.21 Å². The Morgan fingerprint density at radius 3 is 2.44 bits per heavy atom. The van der Waals surface area contributed by atoms with Gasteiger partial charge < -0.3 is 9.73 Å². The molecule has 5 heteroatoms. The predicted molar refractivity (Wildman–Crippen MR) is 95.0 cm³/mol. The van der Waals surface area contributed by atoms with E-state index in [4.69, 9.17) is 4.42 Å². The third-order valence-corrected chi connectivity index (χ3v) is 4.16. The van der Waals surface area contributed by atoms with E-state index in [2.05, 4.69) is 46.7 Å². The third kappa shape index (κ3) is 4.32. The Balaban J connectivity index is 1.76. The van der Waals surface area contributed by atoms with Crippen molar-refractivity contribution in [3.63, 3.8) is 0 Å². The van der Waals surface area contributed by atoms with E-state index in [-0.39, 0.29) is 18.4 Å². The molecule has 0 unspecified atom stereocenters. The Hall–Kier alpha value is -2.95. The zero-order valence-electron chi connectivity index (χ0n) is 14.4. The van der Waals surface area contributed by atoms with Gasteiger partial charge in [-0.1, -0.05) is 54.6 Å². The Morgan fingerprint density at radius 2 is 1.76 bits per heavy atom. The molecule has 1 N–H and O–H groups in total. The number of amides is 1. The van der Waals surface area contributed by atoms with E-state index in [1.807, 2.05) is 30.3 Å². The molecule has 5 nitrogen and oxygen atoms in total. The molecule has 0 saturated carbocycles. The van der Waals surface area contributed by atoms with Crippen LogP contribution in [0.5, 0.6) is 0 Å². The van der Waals surface area contributed by atoms with Crippen LogP contribution in [0.15, 0.2) is 59.0 Å². The summed E-state index contributed by atoms with van der Waals surface area (Å²) in [5.74, 6) is 0.865. The molecule has 1 heterocycles. The van der Waals surface area contributed by atoms with Gasteiger partial charge in [0.25, 0.3) is 0 Å². The lowest BCUT2D eigenvalue weighted by molar-refractivity contribution is -0.121. The number of benzene rings is 2. The van der Waals surface area contributed by atoms with Crippen molar-refractivity contribution in [1.82, 2.24) is 15.5 Å². The summed E-state index contributed by atoms with van der Waals surface area (Å²) in [5, 5.41) is 10.5. The molecule has 3 rings (SSSR count). The zero-order valence-corrected chi connectivity index (χ0v) is 14.4. The van der Waals surface area contributed by atoms with Crippen molar-refractivity contribution >= 4 is 5.91 Å². The van der Waals surface area contributed by atoms with Gasteiger partial charge in [0.05, 0.1) is 6.54 Å². The normalized spacial score (nSPS) is 11.9. The van der Waals surface area contributed by atoms with Crippen LogP contribution in [0.3, 0.4) is 0 Å². The quantitative estimate of drug-likeness (QED) is 0.748. The number of rotatable bonds is 6. The van der Waals surface area contributed by atoms with Crippen LogP contribution < -0.4 is 5.32 Å². The minimum Gasteiger partial charge on any atom is -0.424 e. The number of aryl methyl sites for hydroxylation is 2. The van der Waals surface area contributed by atoms with Crippen LogP contribution in [-0.4, -0.2) is 16.1 Å². The Morgan fingerprint density at radius 1 is 1.04 bits per heavy atom. The maximum atomic E-state index is 12.5. The van der Waals surface area contributed by atoms with Gasteiger partial charge >= 0.3 is 0 Å². The number of carbonyl (C=O) groups excluding carboxylic acids is 1. The van der Waals surface area contributed by atoms with Crippen LogP contribution in [0.25, 0.3) is 0 Å². The van der Waals surface area contributed by atoms with Crippen molar-refractivity contribution in [2.75, 3.05) is 0 Å². The first-order chi connectivity index (χ1) is 12.1. The zero-order chi connectivity index (χ0) is 17.6. The summed E-state index contributed by atoms with van der Waals surface area (Å²) >= 11 is 0. The third-order valence-electron chi connectivity index (χ3n) is 4.16. The molecule has 0 radical (unpaired) electrons. The number of aromatic nitrogens is 2. The topological polar surface area (TPSA) is 68.0 Å². The SMILES string of the molecule is Cc1nnc(CNC(=O)C[C@H](c2ccccc2)c2ccccc2C)o1. The van der Waals surface area contributed by atoms with E-state index in [1.54, 1.807) is 6.92 Å². The lowest BCUT2D eigenvalue weighted by atomic mass is 9.86. The van der Waals surface area contributed by atoms with Gasteiger partial charge in [-0.05, 0) is 23.6 Å². The number of carbonyl (C=O) groups is 1. The monoisotopic (exact) mass is 335 g/mol. The second-order valence-corrected chi connectivity index (χ2v) is 6.02. The van der Waals surface area contributed by atoms with Crippen LogP contribution in [0.4, 0.5) is 0 Å². The van der Waals surface area contributed by atoms with E-state index >= 15 is 0 Å². The molecule has 25 heavy (non-hydrogen) atoms. The van der Waals surface area contributed by atoms with Crippen molar-refractivity contribution in [3.05, 3.63) is 83.1 Å². The second-order valence-electron chi connectivity index (χ2n) is 6.02. The van der Waals surface area contributed by atoms with Gasteiger partial charge in [-0.3, -0.25) is 4.79 Å². The number of hydrogen-bond acceptors (Lipinski definition) is 4. The fourth-order valence-electron chi connectivity index (χ4n) is 2.91. The highest BCUT2D eigenvalue weighted by molar-refractivity contribution is 5.77. The van der Waals surface area contributed by atoms with E-state index in [9.17, 15) is 4.79 Å². The summed E-state index contributed by atoms with van der Waals surface area (Å²) < 4.78 is 5.29. The average molecular weight is 335 g/mol. The molecule has 0 aliphatic heterocycles. The van der Waals surface area contributed by atoms with Crippen LogP contribution in [0.1, 0.15) is 40.8 Å². The van der Waals surface area contributed by atoms with E-state index < -0.39 is 0 Å². The molecule has 128 valence electrons. The summed E-state index contributed by atoms with van der Waals surface area (Å²) in [6.45, 7) is 4.04. The van der Waals surface area contributed by atoms with Crippen LogP contribution in [0.2, 0.25) is 0 Å². The lowest BCUT2D eigenvalue weighted by Gasteiger charge is -2.19. The van der Waals surface area contributed by atoms with Crippen LogP contribution in [0, 0.1) is 13.8 Å². The number of nitrogens with one attached hydrogen (secondary N) is 1. The first-order valence-electron chi connectivity index (χ1n) is 8.29. The van der Waals surface area contributed by atoms with Gasteiger partial charge in [0.1, 0.15) is 0 Å². The minimum atomic E-state index is -0.0482. The molecule has 0 aliphatic rings. The van der Waals surface area contributed by atoms with Crippen molar-refractivity contribution in [2.24, 2.45) is 0 Å². The molecule has 0 fully saturated rings. The van der Waals surface area contributed by atoms with Gasteiger partial charge in [0, 0.05) is 19.3 Å². The van der Waals surface area contributed by atoms with Crippen molar-refractivity contribution in [1.29, 1.82) is 0 Å². The second kappa shape index (κ2) is 7.75. The number of nitrogens with zero attached hydrogens (tertiary/aromatic N) is 2. The molecule has 0 bridgehead atoms. The van der Waals surface area contributed by atoms with Crippen LogP contribution in [-0.2, 0) is 11.3 Å². The smallest absolute Gasteiger partial charge is 0.235 e. The van der Waals surface area contributed by atoms with Gasteiger partial charge in [-0.15, -0.1) is 10.2 Å². The summed E-state index contributed by atoms with van der Waals surface area (Å²) in [6.07, 6.45) is 0.363. The highest BCUT2D eigenvalue weighted by Gasteiger charge is 2.20. The fraction of sp³-hybridized carbons (Fsp3) is 0.250. The Labute approximate surface area is 147 Å². The molecule has 1 atom stereocenters. The van der Waals surface area contributed by atoms with Gasteiger partial charge in [0.15, 0.2) is 0 Å². The Kier molecular flexibility index (Phi) is 5.23. The highest BCUT2D eigenvalue weighted by Crippen LogP contribution is 2.30. The molecule has 0 aliphatic carbocycles. The molecular weight excluding hydrogens is 314 g/mol. The minimum absolute atomic E-state index is 0.00632. The van der Waals surface area contributed by atoms with E-state index in [1.165, 1.54) is 5.56 Å². The van der Waals surface area contributed by atoms with Gasteiger partial charge in [-0.25, -0.2) is 0 Å². The molecule has 0 spiro atoms. The van der Waals surface area contributed by atoms with Gasteiger partial charge in [0.2, 0.25) is 17.7 Å². The van der Waals surface area contributed by atoms with Crippen molar-refractivity contribution in [2.45, 2.75) is 32.7 Å². The maximum Gasteiger partial charge on any atom is 0.235 e. The molecular formula is C20H21N3O2. The first-order valence-corrected chi connectivity index (χ1v) is 8.29. The molecule has 1 amide bonds. The van der Waals surface area contributed by atoms with E-state index in [0.29, 0.717) is 18.2 Å². The molecule has 2 aromatic carbocycles. The molecule has 1 aromatic heterocycles.